The molecule has 2 heterocycles. The molecule has 4 heteroatoms. The van der Waals surface area contributed by atoms with Crippen LogP contribution in [-0.4, -0.2) is 0 Å². The van der Waals surface area contributed by atoms with Crippen molar-refractivity contribution in [1.82, 2.24) is 0 Å². The summed E-state index contributed by atoms with van der Waals surface area (Å²) in [5.74, 6) is 0. The SMILES string of the molecule is c1ccc(-c2ccc3c(c2N(c2ccccc2)c2ccc4c(c2)oc2cc5cc6c(cc5cc24)oc2cc(N(c4ccccc4)c4c(-c5ccccc5)ccc5c4CCCC5)ccc26)CCCC3)cc1. The molecule has 0 radical (unpaired) electrons. The van der Waals surface area contributed by atoms with Crippen molar-refractivity contribution in [2.24, 2.45) is 0 Å². The lowest BCUT2D eigenvalue weighted by atomic mass is 9.86. The van der Waals surface area contributed by atoms with Gasteiger partial charge in [-0.05, 0) is 168 Å². The monoisotopic (exact) mass is 902 g/mol. The van der Waals surface area contributed by atoms with E-state index in [9.17, 15) is 0 Å². The molecule has 0 aliphatic heterocycles. The molecule has 70 heavy (non-hydrogen) atoms. The molecule has 336 valence electrons. The Morgan fingerprint density at radius 3 is 1.11 bits per heavy atom. The first-order valence-corrected chi connectivity index (χ1v) is 25.1. The summed E-state index contributed by atoms with van der Waals surface area (Å²) < 4.78 is 13.8. The van der Waals surface area contributed by atoms with Crippen LogP contribution in [0.5, 0.6) is 0 Å². The van der Waals surface area contributed by atoms with Gasteiger partial charge in [-0.15, -0.1) is 0 Å². The Balaban J connectivity index is 0.890. The maximum Gasteiger partial charge on any atom is 0.137 e. The maximum absolute atomic E-state index is 6.88. The summed E-state index contributed by atoms with van der Waals surface area (Å²) in [5.41, 5.74) is 21.2. The summed E-state index contributed by atoms with van der Waals surface area (Å²) in [6, 6.07) is 75.3. The van der Waals surface area contributed by atoms with Crippen molar-refractivity contribution in [1.29, 1.82) is 0 Å². The van der Waals surface area contributed by atoms with E-state index in [-0.39, 0.29) is 0 Å². The van der Waals surface area contributed by atoms with E-state index in [0.29, 0.717) is 0 Å². The van der Waals surface area contributed by atoms with Crippen LogP contribution in [0.3, 0.4) is 0 Å². The van der Waals surface area contributed by atoms with E-state index in [1.807, 2.05) is 0 Å². The van der Waals surface area contributed by atoms with Crippen LogP contribution in [0.15, 0.2) is 215 Å². The van der Waals surface area contributed by atoms with Crippen molar-refractivity contribution >= 4 is 88.8 Å². The maximum atomic E-state index is 6.88. The van der Waals surface area contributed by atoms with Gasteiger partial charge in [0.25, 0.3) is 0 Å². The van der Waals surface area contributed by atoms with Gasteiger partial charge in [0.1, 0.15) is 22.3 Å². The van der Waals surface area contributed by atoms with Gasteiger partial charge < -0.3 is 18.6 Å². The van der Waals surface area contributed by atoms with Crippen LogP contribution in [0.1, 0.15) is 47.9 Å². The minimum Gasteiger partial charge on any atom is -0.456 e. The van der Waals surface area contributed by atoms with Crippen molar-refractivity contribution in [3.05, 3.63) is 229 Å². The lowest BCUT2D eigenvalue weighted by Gasteiger charge is -2.32. The van der Waals surface area contributed by atoms with Gasteiger partial charge in [0, 0.05) is 67.6 Å². The fraction of sp³-hybridized carbons (Fsp3) is 0.121. The highest BCUT2D eigenvalue weighted by Crippen LogP contribution is 2.49. The minimum absolute atomic E-state index is 0.870. The predicted octanol–water partition coefficient (Wildman–Crippen LogP) is 18.7. The van der Waals surface area contributed by atoms with Gasteiger partial charge in [0.05, 0.1) is 11.4 Å². The number of furan rings is 2. The quantitative estimate of drug-likeness (QED) is 0.152. The second-order valence-corrected chi connectivity index (χ2v) is 19.3. The minimum atomic E-state index is 0.870. The molecule has 14 rings (SSSR count). The number of anilines is 6. The highest BCUT2D eigenvalue weighted by molar-refractivity contribution is 6.16. The summed E-state index contributed by atoms with van der Waals surface area (Å²) in [6.07, 6.45) is 9.17. The summed E-state index contributed by atoms with van der Waals surface area (Å²) in [6.45, 7) is 0. The number of rotatable bonds is 8. The van der Waals surface area contributed by atoms with Gasteiger partial charge in [-0.1, -0.05) is 121 Å². The zero-order valence-corrected chi connectivity index (χ0v) is 39.0. The summed E-state index contributed by atoms with van der Waals surface area (Å²) >= 11 is 0. The highest BCUT2D eigenvalue weighted by atomic mass is 16.3. The Kier molecular flexibility index (Phi) is 9.72. The Morgan fingerprint density at radius 2 is 0.686 bits per heavy atom. The van der Waals surface area contributed by atoms with Crippen molar-refractivity contribution < 1.29 is 8.83 Å². The van der Waals surface area contributed by atoms with Crippen LogP contribution in [0.25, 0.3) is 76.9 Å². The van der Waals surface area contributed by atoms with Crippen molar-refractivity contribution in [3.63, 3.8) is 0 Å². The number of benzene rings is 10. The summed E-state index contributed by atoms with van der Waals surface area (Å²) in [7, 11) is 0. The summed E-state index contributed by atoms with van der Waals surface area (Å²) in [5, 5.41) is 6.63. The molecule has 2 aliphatic carbocycles. The van der Waals surface area contributed by atoms with E-state index in [0.717, 1.165) is 103 Å². The first-order chi connectivity index (χ1) is 34.7. The van der Waals surface area contributed by atoms with Gasteiger partial charge in [0.15, 0.2) is 0 Å². The summed E-state index contributed by atoms with van der Waals surface area (Å²) in [4.78, 5) is 4.94. The molecule has 0 saturated heterocycles. The van der Waals surface area contributed by atoms with Gasteiger partial charge in [-0.2, -0.15) is 0 Å². The molecule has 10 aromatic carbocycles. The number of aryl methyl sites for hydroxylation is 2. The molecule has 0 unspecified atom stereocenters. The van der Waals surface area contributed by atoms with Gasteiger partial charge in [-0.3, -0.25) is 0 Å². The van der Waals surface area contributed by atoms with Gasteiger partial charge >= 0.3 is 0 Å². The number of para-hydroxylation sites is 2. The number of hydrogen-bond acceptors (Lipinski definition) is 4. The zero-order chi connectivity index (χ0) is 46.1. The molecule has 0 bridgehead atoms. The fourth-order valence-electron chi connectivity index (χ4n) is 11.8. The molecule has 0 amide bonds. The second-order valence-electron chi connectivity index (χ2n) is 19.3. The van der Waals surface area contributed by atoms with Crippen molar-refractivity contribution in [2.45, 2.75) is 51.4 Å². The van der Waals surface area contributed by atoms with Crippen LogP contribution in [0.4, 0.5) is 34.1 Å². The standard InChI is InChI=1S/C66H50N2O2/c1-5-17-43(18-6-1)55-33-29-45-21-13-15-27-53(45)65(55)67(49-23-9-3-10-24-49)51-31-35-57-59-37-47-40-62-60(38-48(47)39-61(59)69-63(57)41-51)58-36-32-52(42-64(58)70-62)68(50-25-11-4-12-26-50)66-54-28-16-14-22-46(54)30-34-56(66)44-19-7-2-8-20-44/h1-12,17-20,23-26,29-42H,13-16,21-22,27-28H2. The molecule has 0 saturated carbocycles. The van der Waals surface area contributed by atoms with E-state index in [2.05, 4.69) is 216 Å². The van der Waals surface area contributed by atoms with Crippen molar-refractivity contribution in [3.8, 4) is 22.3 Å². The van der Waals surface area contributed by atoms with Crippen molar-refractivity contribution in [2.75, 3.05) is 9.80 Å². The van der Waals surface area contributed by atoms with Crippen LogP contribution in [0.2, 0.25) is 0 Å². The molecular formula is C66H50N2O2. The largest absolute Gasteiger partial charge is 0.456 e. The Bertz CT molecular complexity index is 3690. The fourth-order valence-corrected chi connectivity index (χ4v) is 11.8. The molecule has 0 N–H and O–H groups in total. The zero-order valence-electron chi connectivity index (χ0n) is 39.0. The third kappa shape index (κ3) is 6.81. The molecule has 4 nitrogen and oxygen atoms in total. The average molecular weight is 903 g/mol. The van der Waals surface area contributed by atoms with Gasteiger partial charge in [-0.25, -0.2) is 0 Å². The first kappa shape index (κ1) is 40.7. The van der Waals surface area contributed by atoms with Crippen LogP contribution in [0, 0.1) is 0 Å². The molecule has 2 aliphatic rings. The van der Waals surface area contributed by atoms with E-state index in [1.54, 1.807) is 0 Å². The van der Waals surface area contributed by atoms with E-state index >= 15 is 0 Å². The Morgan fingerprint density at radius 1 is 0.300 bits per heavy atom. The molecule has 2 aromatic heterocycles. The molecule has 0 atom stereocenters. The Hall–Kier alpha value is -8.34. The number of nitrogens with zero attached hydrogens (tertiary/aromatic N) is 2. The lowest BCUT2D eigenvalue weighted by molar-refractivity contribution is 0.668. The Labute approximate surface area is 407 Å². The first-order valence-electron chi connectivity index (χ1n) is 25.1. The van der Waals surface area contributed by atoms with E-state index in [4.69, 9.17) is 8.83 Å². The smallest absolute Gasteiger partial charge is 0.137 e. The molecule has 12 aromatic rings. The van der Waals surface area contributed by atoms with Crippen LogP contribution < -0.4 is 9.80 Å². The van der Waals surface area contributed by atoms with Crippen LogP contribution >= 0.6 is 0 Å². The average Bonchev–Trinajstić information content (AvgIpc) is 3.97. The lowest BCUT2D eigenvalue weighted by Crippen LogP contribution is -2.16. The second kappa shape index (κ2) is 16.7. The third-order valence-corrected chi connectivity index (χ3v) is 15.2. The van der Waals surface area contributed by atoms with Crippen LogP contribution in [-0.2, 0) is 25.7 Å². The number of fused-ring (bicyclic) bond motifs is 9. The molecule has 0 spiro atoms. The highest BCUT2D eigenvalue weighted by Gasteiger charge is 2.27. The predicted molar refractivity (Wildman–Crippen MR) is 292 cm³/mol. The number of hydrogen-bond donors (Lipinski definition) is 0. The van der Waals surface area contributed by atoms with Gasteiger partial charge in [0.2, 0.25) is 0 Å². The van der Waals surface area contributed by atoms with E-state index in [1.165, 1.54) is 81.6 Å². The topological polar surface area (TPSA) is 32.8 Å². The third-order valence-electron chi connectivity index (χ3n) is 15.2. The normalized spacial score (nSPS) is 13.5. The molecular weight excluding hydrogens is 853 g/mol. The molecule has 0 fully saturated rings. The van der Waals surface area contributed by atoms with E-state index < -0.39 is 0 Å².